The van der Waals surface area contributed by atoms with Crippen LogP contribution >= 0.6 is 15.9 Å². The molecule has 0 radical (unpaired) electrons. The van der Waals surface area contributed by atoms with Crippen molar-refractivity contribution in [3.05, 3.63) is 46.6 Å². The fourth-order valence-corrected chi connectivity index (χ4v) is 2.46. The lowest BCUT2D eigenvalue weighted by Gasteiger charge is -2.21. The minimum atomic E-state index is -1.13. The van der Waals surface area contributed by atoms with E-state index >= 15 is 0 Å². The Kier molecular flexibility index (Phi) is 7.23. The number of hydrogen-bond donors (Lipinski definition) is 4. The third kappa shape index (κ3) is 6.37. The van der Waals surface area contributed by atoms with Crippen LogP contribution < -0.4 is 16.1 Å². The number of aliphatic hydroxyl groups is 1. The topological polar surface area (TPSA) is 109 Å². The summed E-state index contributed by atoms with van der Waals surface area (Å²) in [5.74, 6) is -0.535. The number of rotatable bonds is 7. The van der Waals surface area contributed by atoms with E-state index in [9.17, 15) is 14.7 Å². The first-order valence-corrected chi connectivity index (χ1v) is 8.47. The van der Waals surface area contributed by atoms with Crippen LogP contribution in [-0.4, -0.2) is 41.9 Å². The second-order valence-electron chi connectivity index (χ2n) is 5.44. The van der Waals surface area contributed by atoms with Gasteiger partial charge in [-0.05, 0) is 34.5 Å². The van der Waals surface area contributed by atoms with E-state index in [-0.39, 0.29) is 19.3 Å². The lowest BCUT2D eigenvalue weighted by molar-refractivity contribution is -0.126. The molecule has 1 aliphatic rings. The molecule has 0 aliphatic carbocycles. The maximum atomic E-state index is 12.2. The van der Waals surface area contributed by atoms with Crippen LogP contribution in [0.3, 0.4) is 0 Å². The van der Waals surface area contributed by atoms with E-state index in [0.29, 0.717) is 4.61 Å². The highest BCUT2D eigenvalue weighted by Crippen LogP contribution is 2.11. The maximum absolute atomic E-state index is 12.2. The number of aliphatic hydroxyl groups excluding tert-OH is 1. The molecule has 1 aromatic rings. The number of nitrogens with one attached hydrogen (secondary N) is 3. The van der Waals surface area contributed by atoms with Gasteiger partial charge in [0.15, 0.2) is 0 Å². The molecule has 2 amide bonds. The average Bonchev–Trinajstić information content (AvgIpc) is 3.02. The van der Waals surface area contributed by atoms with Crippen molar-refractivity contribution >= 4 is 27.9 Å². The Labute approximate surface area is 153 Å². The predicted molar refractivity (Wildman–Crippen MR) is 93.3 cm³/mol. The molecule has 3 atom stereocenters. The van der Waals surface area contributed by atoms with Crippen LogP contribution in [0.5, 0.6) is 0 Å². The number of alkyl carbamates (subject to hydrolysis) is 1. The fourth-order valence-electron chi connectivity index (χ4n) is 2.07. The zero-order valence-electron chi connectivity index (χ0n) is 13.6. The molecule has 9 heteroatoms. The third-order valence-corrected chi connectivity index (χ3v) is 3.79. The van der Waals surface area contributed by atoms with Crippen molar-refractivity contribution in [2.45, 2.75) is 31.8 Å². The normalized spacial score (nSPS) is 18.5. The summed E-state index contributed by atoms with van der Waals surface area (Å²) < 4.78 is 5.73. The number of hydrogen-bond acceptors (Lipinski definition) is 6. The average molecular weight is 414 g/mol. The number of carbonyl (C=O) groups excluding carboxylic acids is 2. The van der Waals surface area contributed by atoms with Crippen molar-refractivity contribution in [1.82, 2.24) is 16.1 Å². The Hall–Kier alpha value is -2.10. The summed E-state index contributed by atoms with van der Waals surface area (Å²) >= 11 is 3.21. The van der Waals surface area contributed by atoms with Gasteiger partial charge in [-0.15, -0.1) is 0 Å². The molecular formula is C16H20BrN3O5. The summed E-state index contributed by atoms with van der Waals surface area (Å²) in [5.41, 5.74) is 3.42. The number of benzene rings is 1. The summed E-state index contributed by atoms with van der Waals surface area (Å²) in [4.78, 5) is 29.2. The van der Waals surface area contributed by atoms with E-state index in [2.05, 4.69) is 32.0 Å². The van der Waals surface area contributed by atoms with Gasteiger partial charge in [-0.25, -0.2) is 4.79 Å². The summed E-state index contributed by atoms with van der Waals surface area (Å²) in [7, 11) is 0. The van der Waals surface area contributed by atoms with Gasteiger partial charge < -0.3 is 20.5 Å². The zero-order chi connectivity index (χ0) is 18.2. The molecule has 8 nitrogen and oxygen atoms in total. The molecule has 2 rings (SSSR count). The molecule has 1 aromatic carbocycles. The Morgan fingerprint density at radius 1 is 1.40 bits per heavy atom. The first-order chi connectivity index (χ1) is 12.0. The molecule has 0 bridgehead atoms. The number of halogens is 1. The van der Waals surface area contributed by atoms with Gasteiger partial charge >= 0.3 is 6.09 Å². The molecule has 0 aromatic heterocycles. The largest absolute Gasteiger partial charge is 0.445 e. The third-order valence-electron chi connectivity index (χ3n) is 3.37. The van der Waals surface area contributed by atoms with Gasteiger partial charge in [0.1, 0.15) is 23.4 Å². The summed E-state index contributed by atoms with van der Waals surface area (Å²) in [5, 5.41) is 14.7. The molecule has 1 unspecified atom stereocenters. The summed E-state index contributed by atoms with van der Waals surface area (Å²) in [6.45, 7) is 1.66. The monoisotopic (exact) mass is 413 g/mol. The van der Waals surface area contributed by atoms with Gasteiger partial charge in [0.25, 0.3) is 0 Å². The van der Waals surface area contributed by atoms with Crippen molar-refractivity contribution < 1.29 is 24.3 Å². The minimum absolute atomic E-state index is 0.0707. The quantitative estimate of drug-likeness (QED) is 0.494. The predicted octanol–water partition coefficient (Wildman–Crippen LogP) is 0.918. The van der Waals surface area contributed by atoms with E-state index in [0.717, 1.165) is 5.56 Å². The molecule has 0 saturated carbocycles. The molecule has 0 saturated heterocycles. The highest BCUT2D eigenvalue weighted by Gasteiger charge is 2.27. The van der Waals surface area contributed by atoms with E-state index in [1.54, 1.807) is 6.08 Å². The van der Waals surface area contributed by atoms with Crippen molar-refractivity contribution in [3.63, 3.8) is 0 Å². The van der Waals surface area contributed by atoms with Gasteiger partial charge in [0, 0.05) is 0 Å². The molecule has 25 heavy (non-hydrogen) atoms. The Bertz CT molecular complexity index is 623. The summed E-state index contributed by atoms with van der Waals surface area (Å²) in [6.07, 6.45) is -0.488. The van der Waals surface area contributed by atoms with Crippen LogP contribution in [0.2, 0.25) is 0 Å². The lowest BCUT2D eigenvalue weighted by atomic mass is 10.1. The molecule has 136 valence electrons. The molecule has 1 aliphatic heterocycles. The summed E-state index contributed by atoms with van der Waals surface area (Å²) in [6, 6.07) is 8.01. The lowest BCUT2D eigenvalue weighted by Crippen LogP contribution is -2.53. The highest BCUT2D eigenvalue weighted by atomic mass is 79.9. The Morgan fingerprint density at radius 2 is 2.12 bits per heavy atom. The standard InChI is InChI=1S/C16H20BrN3O5/c1-10(21)14(15(22)18-8-12-7-13(17)20-25-12)19-16(23)24-9-11-5-3-2-4-6-11/h2-7,10,12,14,20-21H,8-9H2,1H3,(H,18,22)(H,19,23)/t10-,12?,14+/m1/s1. The van der Waals surface area contributed by atoms with Crippen molar-refractivity contribution in [2.24, 2.45) is 0 Å². The minimum Gasteiger partial charge on any atom is -0.445 e. The van der Waals surface area contributed by atoms with Crippen LogP contribution in [0.1, 0.15) is 12.5 Å². The number of ether oxygens (including phenoxy) is 1. The van der Waals surface area contributed by atoms with Crippen LogP contribution in [0, 0.1) is 0 Å². The zero-order valence-corrected chi connectivity index (χ0v) is 15.2. The number of amides is 2. The number of hydroxylamine groups is 1. The molecule has 0 fully saturated rings. The smallest absolute Gasteiger partial charge is 0.408 e. The molecule has 4 N–H and O–H groups in total. The second kappa shape index (κ2) is 9.40. The van der Waals surface area contributed by atoms with Crippen LogP contribution in [0.4, 0.5) is 4.79 Å². The van der Waals surface area contributed by atoms with E-state index in [4.69, 9.17) is 9.57 Å². The van der Waals surface area contributed by atoms with Crippen molar-refractivity contribution in [1.29, 1.82) is 0 Å². The number of carbonyl (C=O) groups is 2. The molecule has 1 heterocycles. The van der Waals surface area contributed by atoms with Crippen LogP contribution in [-0.2, 0) is 21.0 Å². The van der Waals surface area contributed by atoms with Gasteiger partial charge in [-0.3, -0.25) is 15.1 Å². The van der Waals surface area contributed by atoms with Gasteiger partial charge in [-0.2, -0.15) is 0 Å². The maximum Gasteiger partial charge on any atom is 0.408 e. The van der Waals surface area contributed by atoms with E-state index in [1.807, 2.05) is 30.3 Å². The Morgan fingerprint density at radius 3 is 2.72 bits per heavy atom. The van der Waals surface area contributed by atoms with Crippen molar-refractivity contribution in [3.8, 4) is 0 Å². The first-order valence-electron chi connectivity index (χ1n) is 7.67. The second-order valence-corrected chi connectivity index (χ2v) is 6.30. The fraction of sp³-hybridized carbons (Fsp3) is 0.375. The SMILES string of the molecule is C[C@@H](O)[C@H](NC(=O)OCc1ccccc1)C(=O)NCC1C=C(Br)NO1. The van der Waals surface area contributed by atoms with Crippen LogP contribution in [0.25, 0.3) is 0 Å². The Balaban J connectivity index is 1.80. The molecular weight excluding hydrogens is 394 g/mol. The van der Waals surface area contributed by atoms with Gasteiger partial charge in [-0.1, -0.05) is 30.3 Å². The van der Waals surface area contributed by atoms with Crippen molar-refractivity contribution in [2.75, 3.05) is 6.54 Å². The molecule has 0 spiro atoms. The highest BCUT2D eigenvalue weighted by molar-refractivity contribution is 9.11. The van der Waals surface area contributed by atoms with E-state index < -0.39 is 24.1 Å². The van der Waals surface area contributed by atoms with Gasteiger partial charge in [0.2, 0.25) is 5.91 Å². The van der Waals surface area contributed by atoms with E-state index in [1.165, 1.54) is 6.92 Å². The first kappa shape index (κ1) is 19.2. The van der Waals surface area contributed by atoms with Crippen LogP contribution in [0.15, 0.2) is 41.0 Å². The van der Waals surface area contributed by atoms with Gasteiger partial charge in [0.05, 0.1) is 12.6 Å².